The Morgan fingerprint density at radius 2 is 1.32 bits per heavy atom. The molecule has 4 unspecified atom stereocenters. The predicted molar refractivity (Wildman–Crippen MR) is 277 cm³/mol. The standard InChI is InChI=1S/C42H51NO14S2.C6H6.3C2H6/c1-22-18-29-41(21-53-29,57-38(50)52-7)24(3)42(22,59)33(46)32(55-25(4)44)30-23(2)28(56-37(49)31(45)35(58)43-34(47)26-14-10-8-11-15-26)19-40(51,39(30,5)6)20-54-36(48)27-16-12-9-13-17-27;1-2-4-6-5-3-1;3*1-2/h8-17,22,24,28-29,31-32,35,45,51,58-59H,18-21H2,1-7H3,(H,43,47);1-6H;3*1-2H3/t22?,24?,28-,29+,31+,32+,35?,40+,41+,42?;;;;/m0..../s1. The third-order valence-corrected chi connectivity index (χ3v) is 14.3. The van der Waals surface area contributed by atoms with Crippen LogP contribution >= 0.6 is 25.3 Å². The van der Waals surface area contributed by atoms with E-state index in [1.165, 1.54) is 31.2 Å². The summed E-state index contributed by atoms with van der Waals surface area (Å²) in [6.07, 6.45) is -7.02. The summed E-state index contributed by atoms with van der Waals surface area (Å²) in [4.78, 5) is 80.4. The molecule has 3 aliphatic rings. The molecule has 1 heterocycles. The van der Waals surface area contributed by atoms with Gasteiger partial charge in [-0.05, 0) is 54.7 Å². The van der Waals surface area contributed by atoms with Crippen molar-refractivity contribution in [2.24, 2.45) is 17.3 Å². The molecule has 0 radical (unpaired) electrons. The Kier molecular flexibility index (Phi) is 24.5. The molecule has 17 heteroatoms. The Bertz CT molecular complexity index is 2200. The third-order valence-electron chi connectivity index (χ3n) is 12.9. The number of carbonyl (C=O) groups is 6. The Labute approximate surface area is 430 Å². The van der Waals surface area contributed by atoms with Gasteiger partial charge in [-0.15, -0.1) is 0 Å². The lowest BCUT2D eigenvalue weighted by atomic mass is 9.56. The van der Waals surface area contributed by atoms with Crippen molar-refractivity contribution >= 4 is 61.0 Å². The molecule has 0 bridgehead atoms. The van der Waals surface area contributed by atoms with E-state index in [1.54, 1.807) is 64.1 Å². The highest BCUT2D eigenvalue weighted by Crippen LogP contribution is 2.57. The molecular formula is C54H75NO14S2. The van der Waals surface area contributed by atoms with Crippen LogP contribution in [0.1, 0.15) is 117 Å². The topological polar surface area (TPSA) is 210 Å². The second-order valence-electron chi connectivity index (χ2n) is 17.1. The number of esters is 3. The Morgan fingerprint density at radius 3 is 1.79 bits per heavy atom. The van der Waals surface area contributed by atoms with Crippen LogP contribution in [0.4, 0.5) is 4.79 Å². The molecule has 6 rings (SSSR count). The van der Waals surface area contributed by atoms with E-state index in [2.05, 4.69) is 17.9 Å². The van der Waals surface area contributed by atoms with E-state index in [4.69, 9.17) is 41.0 Å². The van der Waals surface area contributed by atoms with Crippen LogP contribution in [0.25, 0.3) is 0 Å². The maximum Gasteiger partial charge on any atom is 0.508 e. The summed E-state index contributed by atoms with van der Waals surface area (Å²) in [5.41, 5.74) is -4.41. The Morgan fingerprint density at radius 1 is 0.831 bits per heavy atom. The molecule has 3 aromatic rings. The number of ether oxygens (including phenoxy) is 6. The normalized spacial score (nSPS) is 25.8. The fraction of sp³-hybridized carbons (Fsp3) is 0.519. The van der Waals surface area contributed by atoms with Crippen LogP contribution in [0.2, 0.25) is 0 Å². The minimum atomic E-state index is -2.13. The van der Waals surface area contributed by atoms with Gasteiger partial charge in [0.15, 0.2) is 23.6 Å². The van der Waals surface area contributed by atoms with Crippen molar-refractivity contribution in [3.63, 3.8) is 0 Å². The molecule has 2 fully saturated rings. The lowest BCUT2D eigenvalue weighted by Crippen LogP contribution is -2.75. The average Bonchev–Trinajstić information content (AvgIpc) is 3.38. The number of aliphatic hydroxyl groups is 2. The average molecular weight is 1030 g/mol. The summed E-state index contributed by atoms with van der Waals surface area (Å²) < 4.78 is 32.0. The molecule has 392 valence electrons. The van der Waals surface area contributed by atoms with Gasteiger partial charge in [-0.3, -0.25) is 14.4 Å². The van der Waals surface area contributed by atoms with Crippen LogP contribution in [0.5, 0.6) is 0 Å². The van der Waals surface area contributed by atoms with Gasteiger partial charge in [0.2, 0.25) is 0 Å². The van der Waals surface area contributed by atoms with Gasteiger partial charge in [-0.1, -0.05) is 142 Å². The minimum absolute atomic E-state index is 0.0112. The molecule has 1 saturated carbocycles. The zero-order valence-corrected chi connectivity index (χ0v) is 45.1. The number of amides is 1. The number of Topliss-reactive ketones (excluding diaryl/α,β-unsaturated/α-hetero) is 1. The number of methoxy groups -OCH3 is 1. The molecule has 71 heavy (non-hydrogen) atoms. The van der Waals surface area contributed by atoms with Gasteiger partial charge in [0.1, 0.15) is 29.8 Å². The molecule has 3 N–H and O–H groups in total. The van der Waals surface area contributed by atoms with E-state index >= 15 is 4.79 Å². The number of thiol groups is 2. The van der Waals surface area contributed by atoms with Crippen LogP contribution in [0, 0.1) is 17.3 Å². The highest BCUT2D eigenvalue weighted by molar-refractivity contribution is 7.82. The van der Waals surface area contributed by atoms with Crippen LogP contribution in [0.3, 0.4) is 0 Å². The monoisotopic (exact) mass is 1030 g/mol. The second-order valence-corrected chi connectivity index (χ2v) is 18.4. The quantitative estimate of drug-likeness (QED) is 0.0356. The van der Waals surface area contributed by atoms with Crippen LogP contribution in [-0.4, -0.2) is 112 Å². The number of hydrogen-bond donors (Lipinski definition) is 5. The Hall–Kier alpha value is -5.20. The fourth-order valence-electron chi connectivity index (χ4n) is 8.78. The van der Waals surface area contributed by atoms with Crippen molar-refractivity contribution in [2.45, 2.75) is 142 Å². The van der Waals surface area contributed by atoms with Gasteiger partial charge < -0.3 is 44.0 Å². The van der Waals surface area contributed by atoms with E-state index < -0.39 is 112 Å². The van der Waals surface area contributed by atoms with Gasteiger partial charge in [0.05, 0.1) is 24.0 Å². The van der Waals surface area contributed by atoms with Crippen molar-refractivity contribution in [1.29, 1.82) is 0 Å². The number of rotatable bonds is 13. The molecule has 3 aromatic carbocycles. The first-order valence-electron chi connectivity index (χ1n) is 24.0. The summed E-state index contributed by atoms with van der Waals surface area (Å²) in [5, 5.41) is 24.7. The van der Waals surface area contributed by atoms with Crippen LogP contribution in [0.15, 0.2) is 108 Å². The second kappa shape index (κ2) is 28.1. The SMILES string of the molecule is CC.CC.CC.COC(=O)O[C@@]12CO[C@@H]1CC(C)C(S)(C(=O)[C@H](OC(C)=O)C1=C(C)[C@@H](OC(=O)[C@H](O)C(S)NC(=O)c3ccccc3)C[C@@](O)(COC(=O)c3ccccc3)C1(C)C)C2C.c1ccccc1. The van der Waals surface area contributed by atoms with Gasteiger partial charge in [0, 0.05) is 30.2 Å². The Balaban J connectivity index is 0.00000129. The smallest absolute Gasteiger partial charge is 0.459 e. The van der Waals surface area contributed by atoms with Gasteiger partial charge in [-0.2, -0.15) is 25.3 Å². The lowest BCUT2D eigenvalue weighted by molar-refractivity contribution is -0.287. The molecule has 15 nitrogen and oxygen atoms in total. The minimum Gasteiger partial charge on any atom is -0.459 e. The molecular weight excluding hydrogens is 951 g/mol. The first-order valence-corrected chi connectivity index (χ1v) is 25.0. The summed E-state index contributed by atoms with van der Waals surface area (Å²) in [6.45, 7) is 20.4. The van der Waals surface area contributed by atoms with E-state index in [1.807, 2.05) is 77.9 Å². The van der Waals surface area contributed by atoms with E-state index in [0.29, 0.717) is 0 Å². The number of ketones is 1. The predicted octanol–water partition coefficient (Wildman–Crippen LogP) is 8.81. The largest absolute Gasteiger partial charge is 0.508 e. The highest BCUT2D eigenvalue weighted by Gasteiger charge is 2.70. The van der Waals surface area contributed by atoms with Gasteiger partial charge in [-0.25, -0.2) is 14.4 Å². The molecule has 0 spiro atoms. The molecule has 2 aliphatic carbocycles. The lowest BCUT2D eigenvalue weighted by Gasteiger charge is -2.61. The summed E-state index contributed by atoms with van der Waals surface area (Å²) in [5.74, 6) is -5.68. The van der Waals surface area contributed by atoms with Crippen LogP contribution in [-0.2, 0) is 42.8 Å². The van der Waals surface area contributed by atoms with Crippen LogP contribution < -0.4 is 5.32 Å². The van der Waals surface area contributed by atoms with Crippen molar-refractivity contribution in [2.75, 3.05) is 20.3 Å². The molecule has 1 saturated heterocycles. The molecule has 1 amide bonds. The van der Waals surface area contributed by atoms with E-state index in [-0.39, 0.29) is 35.3 Å². The molecule has 1 aliphatic heterocycles. The zero-order chi connectivity index (χ0) is 53.9. The highest BCUT2D eigenvalue weighted by atomic mass is 32.1. The van der Waals surface area contributed by atoms with E-state index in [0.717, 1.165) is 14.0 Å². The first kappa shape index (κ1) is 61.9. The zero-order valence-electron chi connectivity index (χ0n) is 43.3. The summed E-state index contributed by atoms with van der Waals surface area (Å²) in [7, 11) is 1.15. The summed E-state index contributed by atoms with van der Waals surface area (Å²) >= 11 is 9.27. The molecule has 10 atom stereocenters. The van der Waals surface area contributed by atoms with Gasteiger partial charge in [0.25, 0.3) is 5.91 Å². The van der Waals surface area contributed by atoms with Crippen molar-refractivity contribution in [1.82, 2.24) is 5.32 Å². The number of hydrogen-bond acceptors (Lipinski definition) is 16. The number of aliphatic hydroxyl groups excluding tert-OH is 1. The van der Waals surface area contributed by atoms with E-state index in [9.17, 15) is 34.2 Å². The maximum atomic E-state index is 15.3. The van der Waals surface area contributed by atoms with Gasteiger partial charge >= 0.3 is 24.1 Å². The number of fused-ring (bicyclic) bond motifs is 1. The van der Waals surface area contributed by atoms with Crippen molar-refractivity contribution in [3.05, 3.63) is 119 Å². The fourth-order valence-corrected chi connectivity index (χ4v) is 9.46. The summed E-state index contributed by atoms with van der Waals surface area (Å²) in [6, 6.07) is 28.0. The maximum absolute atomic E-state index is 15.3. The number of carbonyl (C=O) groups excluding carboxylic acids is 6. The van der Waals surface area contributed by atoms with Crippen molar-refractivity contribution < 1.29 is 67.4 Å². The van der Waals surface area contributed by atoms with Crippen molar-refractivity contribution in [3.8, 4) is 0 Å². The molecule has 0 aromatic heterocycles. The number of benzene rings is 3. The first-order chi connectivity index (χ1) is 33.6. The third kappa shape index (κ3) is 14.3. The number of nitrogens with one attached hydrogen (secondary N) is 1.